The van der Waals surface area contributed by atoms with Gasteiger partial charge in [0, 0.05) is 6.54 Å². The van der Waals surface area contributed by atoms with Gasteiger partial charge >= 0.3 is 11.9 Å². The zero-order chi connectivity index (χ0) is 16.2. The zero-order valence-electron chi connectivity index (χ0n) is 13.2. The third-order valence-electron chi connectivity index (χ3n) is 3.42. The number of esters is 1. The van der Waals surface area contributed by atoms with E-state index < -0.39 is 11.9 Å². The highest BCUT2D eigenvalue weighted by Crippen LogP contribution is 2.21. The van der Waals surface area contributed by atoms with Crippen LogP contribution in [-0.2, 0) is 20.9 Å². The first-order valence-corrected chi connectivity index (χ1v) is 6.88. The topological polar surface area (TPSA) is 75.6 Å². The predicted molar refractivity (Wildman–Crippen MR) is 79.7 cm³/mol. The monoisotopic (exact) mass is 293 g/mol. The van der Waals surface area contributed by atoms with Gasteiger partial charge in [-0.2, -0.15) is 0 Å². The third-order valence-corrected chi connectivity index (χ3v) is 3.42. The van der Waals surface area contributed by atoms with Crippen LogP contribution in [0.4, 0.5) is 0 Å². The lowest BCUT2D eigenvalue weighted by molar-refractivity contribution is -0.162. The number of ether oxygens (including phenoxy) is 1. The van der Waals surface area contributed by atoms with Gasteiger partial charge in [0.1, 0.15) is 11.9 Å². The van der Waals surface area contributed by atoms with Crippen LogP contribution in [0, 0.1) is 12.3 Å². The number of carbonyl (C=O) groups is 2. The van der Waals surface area contributed by atoms with Gasteiger partial charge in [0.25, 0.3) is 0 Å². The molecule has 0 bridgehead atoms. The van der Waals surface area contributed by atoms with E-state index in [9.17, 15) is 14.7 Å². The van der Waals surface area contributed by atoms with Gasteiger partial charge in [0.2, 0.25) is 0 Å². The number of hydrogen-bond acceptors (Lipinski definition) is 4. The number of carbonyl (C=O) groups excluding carboxylic acids is 2. The lowest BCUT2D eigenvalue weighted by Crippen LogP contribution is -2.37. The maximum atomic E-state index is 11.7. The Kier molecular flexibility index (Phi) is 5.35. The minimum Gasteiger partial charge on any atom is -0.508 e. The van der Waals surface area contributed by atoms with Gasteiger partial charge < -0.3 is 15.2 Å². The molecule has 1 aromatic carbocycles. The first kappa shape index (κ1) is 17.0. The largest absolute Gasteiger partial charge is 0.508 e. The van der Waals surface area contributed by atoms with E-state index in [0.29, 0.717) is 5.56 Å². The minimum atomic E-state index is -0.895. The molecule has 1 atom stereocenters. The number of benzene rings is 1. The van der Waals surface area contributed by atoms with Crippen molar-refractivity contribution in [2.75, 3.05) is 0 Å². The summed E-state index contributed by atoms with van der Waals surface area (Å²) in [5.74, 6) is -1.52. The highest BCUT2D eigenvalue weighted by atomic mass is 16.5. The lowest BCUT2D eigenvalue weighted by Gasteiger charge is -2.26. The number of amides is 1. The van der Waals surface area contributed by atoms with Crippen LogP contribution in [-0.4, -0.2) is 23.1 Å². The molecule has 1 rings (SSSR count). The summed E-state index contributed by atoms with van der Waals surface area (Å²) in [4.78, 5) is 23.3. The van der Waals surface area contributed by atoms with Crippen molar-refractivity contribution >= 4 is 11.9 Å². The van der Waals surface area contributed by atoms with E-state index in [-0.39, 0.29) is 23.8 Å². The van der Waals surface area contributed by atoms with E-state index in [1.165, 1.54) is 0 Å². The number of hydrogen-bond donors (Lipinski definition) is 2. The molecule has 0 aliphatic rings. The van der Waals surface area contributed by atoms with Crippen molar-refractivity contribution in [2.45, 2.75) is 47.3 Å². The molecule has 1 aromatic rings. The molecule has 0 saturated carbocycles. The van der Waals surface area contributed by atoms with Crippen LogP contribution in [0.5, 0.6) is 5.75 Å². The molecule has 0 saturated heterocycles. The average molecular weight is 293 g/mol. The first-order chi connectivity index (χ1) is 9.61. The molecule has 0 unspecified atom stereocenters. The van der Waals surface area contributed by atoms with Crippen molar-refractivity contribution < 1.29 is 19.4 Å². The second-order valence-electron chi connectivity index (χ2n) is 6.22. The molecule has 0 aromatic heterocycles. The van der Waals surface area contributed by atoms with E-state index >= 15 is 0 Å². The normalized spacial score (nSPS) is 12.6. The Morgan fingerprint density at radius 2 is 1.95 bits per heavy atom. The van der Waals surface area contributed by atoms with E-state index in [1.807, 2.05) is 20.8 Å². The number of nitrogens with one attached hydrogen (secondary N) is 1. The fraction of sp³-hybridized carbons (Fsp3) is 0.500. The molecular weight excluding hydrogens is 270 g/mol. The SMILES string of the molecule is Cc1ccc(CNC(=O)C(=O)O[C@H](C)C(C)(C)C)cc1O. The summed E-state index contributed by atoms with van der Waals surface area (Å²) in [6.45, 7) is 9.48. The number of aromatic hydroxyl groups is 1. The lowest BCUT2D eigenvalue weighted by atomic mass is 9.90. The highest BCUT2D eigenvalue weighted by Gasteiger charge is 2.26. The van der Waals surface area contributed by atoms with Crippen molar-refractivity contribution in [1.82, 2.24) is 5.32 Å². The summed E-state index contributed by atoms with van der Waals surface area (Å²) in [5, 5.41) is 12.1. The van der Waals surface area contributed by atoms with Crippen molar-refractivity contribution in [3.63, 3.8) is 0 Å². The Labute approximate surface area is 125 Å². The Morgan fingerprint density at radius 1 is 1.33 bits per heavy atom. The second kappa shape index (κ2) is 6.61. The average Bonchev–Trinajstić information content (AvgIpc) is 2.38. The number of phenols is 1. The van der Waals surface area contributed by atoms with Gasteiger partial charge in [-0.15, -0.1) is 0 Å². The van der Waals surface area contributed by atoms with Gasteiger partial charge in [0.15, 0.2) is 0 Å². The van der Waals surface area contributed by atoms with Crippen molar-refractivity contribution in [3.05, 3.63) is 29.3 Å². The number of phenolic OH excluding ortho intramolecular Hbond substituents is 1. The van der Waals surface area contributed by atoms with Crippen molar-refractivity contribution in [2.24, 2.45) is 5.41 Å². The van der Waals surface area contributed by atoms with Crippen LogP contribution < -0.4 is 5.32 Å². The van der Waals surface area contributed by atoms with Crippen LogP contribution in [0.2, 0.25) is 0 Å². The molecule has 0 fully saturated rings. The molecule has 0 heterocycles. The van der Waals surface area contributed by atoms with Crippen molar-refractivity contribution in [1.29, 1.82) is 0 Å². The van der Waals surface area contributed by atoms with Crippen LogP contribution >= 0.6 is 0 Å². The first-order valence-electron chi connectivity index (χ1n) is 6.88. The van der Waals surface area contributed by atoms with E-state index in [4.69, 9.17) is 4.74 Å². The fourth-order valence-corrected chi connectivity index (χ4v) is 1.41. The summed E-state index contributed by atoms with van der Waals surface area (Å²) in [7, 11) is 0. The molecule has 2 N–H and O–H groups in total. The molecular formula is C16H23NO4. The molecule has 0 radical (unpaired) electrons. The van der Waals surface area contributed by atoms with Gasteiger partial charge in [0.05, 0.1) is 0 Å². The zero-order valence-corrected chi connectivity index (χ0v) is 13.2. The van der Waals surface area contributed by atoms with Gasteiger partial charge in [-0.1, -0.05) is 32.9 Å². The molecule has 5 nitrogen and oxygen atoms in total. The summed E-state index contributed by atoms with van der Waals surface area (Å²) >= 11 is 0. The van der Waals surface area contributed by atoms with Gasteiger partial charge in [-0.05, 0) is 36.5 Å². The fourth-order valence-electron chi connectivity index (χ4n) is 1.41. The van der Waals surface area contributed by atoms with Crippen LogP contribution in [0.15, 0.2) is 18.2 Å². The Hall–Kier alpha value is -2.04. The number of aryl methyl sites for hydroxylation is 1. The quantitative estimate of drug-likeness (QED) is 0.662. The Balaban J connectivity index is 2.53. The van der Waals surface area contributed by atoms with Crippen LogP contribution in [0.1, 0.15) is 38.8 Å². The van der Waals surface area contributed by atoms with Gasteiger partial charge in [-0.3, -0.25) is 4.79 Å². The number of rotatable bonds is 3. The summed E-state index contributed by atoms with van der Waals surface area (Å²) in [5.41, 5.74) is 1.24. The maximum absolute atomic E-state index is 11.7. The Morgan fingerprint density at radius 3 is 2.48 bits per heavy atom. The maximum Gasteiger partial charge on any atom is 0.397 e. The molecule has 116 valence electrons. The molecule has 21 heavy (non-hydrogen) atoms. The summed E-state index contributed by atoms with van der Waals surface area (Å²) < 4.78 is 5.11. The summed E-state index contributed by atoms with van der Waals surface area (Å²) in [6, 6.07) is 5.08. The van der Waals surface area contributed by atoms with Crippen LogP contribution in [0.25, 0.3) is 0 Å². The molecule has 0 aliphatic carbocycles. The summed E-state index contributed by atoms with van der Waals surface area (Å²) in [6.07, 6.45) is -0.362. The van der Waals surface area contributed by atoms with E-state index in [2.05, 4.69) is 5.32 Å². The second-order valence-corrected chi connectivity index (χ2v) is 6.22. The molecule has 0 spiro atoms. The smallest absolute Gasteiger partial charge is 0.397 e. The Bertz CT molecular complexity index is 532. The molecule has 1 amide bonds. The molecule has 5 heteroatoms. The van der Waals surface area contributed by atoms with Gasteiger partial charge in [-0.25, -0.2) is 4.79 Å². The molecule has 0 aliphatic heterocycles. The minimum absolute atomic E-state index is 0.158. The van der Waals surface area contributed by atoms with E-state index in [0.717, 1.165) is 5.56 Å². The van der Waals surface area contributed by atoms with Crippen LogP contribution in [0.3, 0.4) is 0 Å². The van der Waals surface area contributed by atoms with Crippen molar-refractivity contribution in [3.8, 4) is 5.75 Å². The van der Waals surface area contributed by atoms with E-state index in [1.54, 1.807) is 32.0 Å². The predicted octanol–water partition coefficient (Wildman–Crippen LogP) is 2.29. The standard InChI is InChI=1S/C16H23NO4/c1-10-6-7-12(8-13(10)18)9-17-14(19)15(20)21-11(2)16(3,4)5/h6-8,11,18H,9H2,1-5H3,(H,17,19)/t11-/m1/s1. The third kappa shape index (κ3) is 5.10. The highest BCUT2D eigenvalue weighted by molar-refractivity contribution is 6.32.